The smallest absolute Gasteiger partial charge is 0.218 e. The van der Waals surface area contributed by atoms with E-state index < -0.39 is 0 Å². The topological polar surface area (TPSA) is 34.2 Å². The highest BCUT2D eigenvalue weighted by atomic mass is 35.5. The Hall–Kier alpha value is -1.58. The molecule has 2 rings (SSSR count). The van der Waals surface area contributed by atoms with E-state index >= 15 is 0 Å². The average molecular weight is 305 g/mol. The van der Waals surface area contributed by atoms with Crippen LogP contribution in [-0.4, -0.2) is 11.5 Å². The second-order valence-electron chi connectivity index (χ2n) is 5.41. The third-order valence-electron chi connectivity index (χ3n) is 3.01. The molecule has 112 valence electrons. The molecule has 0 saturated heterocycles. The van der Waals surface area contributed by atoms with E-state index in [9.17, 15) is 0 Å². The van der Waals surface area contributed by atoms with Gasteiger partial charge in [0.05, 0.1) is 0 Å². The molecule has 0 saturated carbocycles. The Morgan fingerprint density at radius 1 is 1.19 bits per heavy atom. The van der Waals surface area contributed by atoms with Gasteiger partial charge in [-0.25, -0.2) is 4.98 Å². The third-order valence-corrected chi connectivity index (χ3v) is 3.26. The van der Waals surface area contributed by atoms with E-state index in [4.69, 9.17) is 16.3 Å². The van der Waals surface area contributed by atoms with E-state index in [0.29, 0.717) is 18.4 Å². The van der Waals surface area contributed by atoms with Crippen LogP contribution >= 0.6 is 11.6 Å². The number of aromatic nitrogens is 1. The van der Waals surface area contributed by atoms with Crippen LogP contribution in [0.4, 0.5) is 0 Å². The zero-order valence-electron chi connectivity index (χ0n) is 12.5. The van der Waals surface area contributed by atoms with Crippen molar-refractivity contribution in [2.45, 2.75) is 27.0 Å². The lowest BCUT2D eigenvalue weighted by molar-refractivity contribution is 0.289. The first-order valence-electron chi connectivity index (χ1n) is 7.17. The fourth-order valence-electron chi connectivity index (χ4n) is 1.92. The Kier molecular flexibility index (Phi) is 6.03. The van der Waals surface area contributed by atoms with Gasteiger partial charge in [-0.15, -0.1) is 0 Å². The predicted molar refractivity (Wildman–Crippen MR) is 86.6 cm³/mol. The number of rotatable bonds is 7. The van der Waals surface area contributed by atoms with Crippen LogP contribution < -0.4 is 10.1 Å². The van der Waals surface area contributed by atoms with Crippen molar-refractivity contribution in [1.82, 2.24) is 10.3 Å². The van der Waals surface area contributed by atoms with Crippen LogP contribution in [0.1, 0.15) is 25.0 Å². The first-order valence-corrected chi connectivity index (χ1v) is 7.55. The number of nitrogens with one attached hydrogen (secondary N) is 1. The number of hydrogen-bond acceptors (Lipinski definition) is 3. The van der Waals surface area contributed by atoms with Crippen LogP contribution in [0.25, 0.3) is 0 Å². The summed E-state index contributed by atoms with van der Waals surface area (Å²) >= 11 is 5.88. The Labute approximate surface area is 131 Å². The molecule has 0 aliphatic carbocycles. The lowest BCUT2D eigenvalue weighted by atomic mass is 10.2. The Bertz CT molecular complexity index is 555. The molecule has 0 radical (unpaired) electrons. The van der Waals surface area contributed by atoms with Gasteiger partial charge < -0.3 is 10.1 Å². The average Bonchev–Trinajstić information content (AvgIpc) is 2.47. The Morgan fingerprint density at radius 2 is 1.95 bits per heavy atom. The molecule has 0 aliphatic heterocycles. The fraction of sp³-hybridized carbons (Fsp3) is 0.353. The van der Waals surface area contributed by atoms with Crippen molar-refractivity contribution in [2.75, 3.05) is 6.54 Å². The van der Waals surface area contributed by atoms with Crippen molar-refractivity contribution in [2.24, 2.45) is 5.92 Å². The van der Waals surface area contributed by atoms with E-state index in [1.54, 1.807) is 6.20 Å². The standard InChI is InChI=1S/C17H21ClN2O/c1-13(2)10-19-11-15-4-3-9-20-17(15)21-12-14-5-7-16(18)8-6-14/h3-9,13,19H,10-12H2,1-2H3. The second kappa shape index (κ2) is 8.01. The molecule has 0 bridgehead atoms. The SMILES string of the molecule is CC(C)CNCc1cccnc1OCc1ccc(Cl)cc1. The van der Waals surface area contributed by atoms with Crippen molar-refractivity contribution >= 4 is 11.6 Å². The van der Waals surface area contributed by atoms with Crippen molar-refractivity contribution in [3.63, 3.8) is 0 Å². The molecule has 0 atom stereocenters. The fourth-order valence-corrected chi connectivity index (χ4v) is 2.04. The molecule has 0 spiro atoms. The van der Waals surface area contributed by atoms with Gasteiger partial charge in [-0.1, -0.05) is 43.6 Å². The van der Waals surface area contributed by atoms with Crippen molar-refractivity contribution in [3.05, 3.63) is 58.7 Å². The van der Waals surface area contributed by atoms with Gasteiger partial charge in [-0.3, -0.25) is 0 Å². The lowest BCUT2D eigenvalue weighted by Crippen LogP contribution is -2.19. The molecule has 0 unspecified atom stereocenters. The largest absolute Gasteiger partial charge is 0.473 e. The zero-order chi connectivity index (χ0) is 15.1. The second-order valence-corrected chi connectivity index (χ2v) is 5.84. The van der Waals surface area contributed by atoms with Crippen LogP contribution in [0, 0.1) is 5.92 Å². The maximum absolute atomic E-state index is 5.88. The van der Waals surface area contributed by atoms with E-state index in [1.165, 1.54) is 0 Å². The molecule has 1 N–H and O–H groups in total. The van der Waals surface area contributed by atoms with Gasteiger partial charge in [0, 0.05) is 23.3 Å². The summed E-state index contributed by atoms with van der Waals surface area (Å²) in [5.41, 5.74) is 2.15. The van der Waals surface area contributed by atoms with Crippen molar-refractivity contribution < 1.29 is 4.74 Å². The first-order chi connectivity index (χ1) is 10.1. The normalized spacial score (nSPS) is 10.9. The highest BCUT2D eigenvalue weighted by Crippen LogP contribution is 2.17. The van der Waals surface area contributed by atoms with E-state index in [-0.39, 0.29) is 0 Å². The Balaban J connectivity index is 1.94. The molecule has 21 heavy (non-hydrogen) atoms. The Morgan fingerprint density at radius 3 is 2.67 bits per heavy atom. The van der Waals surface area contributed by atoms with Crippen LogP contribution in [0.3, 0.4) is 0 Å². The molecular formula is C17H21ClN2O. The van der Waals surface area contributed by atoms with Crippen LogP contribution in [0.5, 0.6) is 5.88 Å². The van der Waals surface area contributed by atoms with Gasteiger partial charge in [-0.05, 0) is 36.2 Å². The van der Waals surface area contributed by atoms with Gasteiger partial charge in [-0.2, -0.15) is 0 Å². The predicted octanol–water partition coefficient (Wildman–Crippen LogP) is 4.06. The minimum absolute atomic E-state index is 0.491. The van der Waals surface area contributed by atoms with Crippen LogP contribution in [0.2, 0.25) is 5.02 Å². The summed E-state index contributed by atoms with van der Waals surface area (Å²) in [5.74, 6) is 1.31. The van der Waals surface area contributed by atoms with Gasteiger partial charge >= 0.3 is 0 Å². The summed E-state index contributed by atoms with van der Waals surface area (Å²) in [6.07, 6.45) is 1.75. The van der Waals surface area contributed by atoms with Crippen LogP contribution in [-0.2, 0) is 13.2 Å². The summed E-state index contributed by atoms with van der Waals surface area (Å²) in [6, 6.07) is 11.6. The maximum Gasteiger partial charge on any atom is 0.218 e. The molecule has 0 amide bonds. The van der Waals surface area contributed by atoms with Crippen molar-refractivity contribution in [1.29, 1.82) is 0 Å². The number of ether oxygens (including phenoxy) is 1. The van der Waals surface area contributed by atoms with Gasteiger partial charge in [0.15, 0.2) is 0 Å². The highest BCUT2D eigenvalue weighted by Gasteiger charge is 2.05. The number of benzene rings is 1. The minimum atomic E-state index is 0.491. The zero-order valence-corrected chi connectivity index (χ0v) is 13.2. The van der Waals surface area contributed by atoms with Gasteiger partial charge in [0.2, 0.25) is 5.88 Å². The molecule has 1 aromatic carbocycles. The molecule has 1 heterocycles. The van der Waals surface area contributed by atoms with E-state index in [0.717, 1.165) is 29.2 Å². The molecule has 0 fully saturated rings. The molecule has 3 nitrogen and oxygen atoms in total. The number of nitrogens with zero attached hydrogens (tertiary/aromatic N) is 1. The quantitative estimate of drug-likeness (QED) is 0.837. The number of halogens is 1. The van der Waals surface area contributed by atoms with Gasteiger partial charge in [0.1, 0.15) is 6.61 Å². The number of hydrogen-bond donors (Lipinski definition) is 1. The minimum Gasteiger partial charge on any atom is -0.473 e. The summed E-state index contributed by atoms with van der Waals surface area (Å²) in [6.45, 7) is 6.61. The molecular weight excluding hydrogens is 284 g/mol. The third kappa shape index (κ3) is 5.37. The first kappa shape index (κ1) is 15.8. The van der Waals surface area contributed by atoms with Crippen LogP contribution in [0.15, 0.2) is 42.6 Å². The molecule has 4 heteroatoms. The molecule has 2 aromatic rings. The lowest BCUT2D eigenvalue weighted by Gasteiger charge is -2.12. The molecule has 0 aliphatic rings. The summed E-state index contributed by atoms with van der Waals surface area (Å²) in [7, 11) is 0. The molecule has 1 aromatic heterocycles. The highest BCUT2D eigenvalue weighted by molar-refractivity contribution is 6.30. The monoisotopic (exact) mass is 304 g/mol. The summed E-state index contributed by atoms with van der Waals surface area (Å²) < 4.78 is 5.83. The van der Waals surface area contributed by atoms with Crippen molar-refractivity contribution in [3.8, 4) is 5.88 Å². The van der Waals surface area contributed by atoms with Gasteiger partial charge in [0.25, 0.3) is 0 Å². The van der Waals surface area contributed by atoms with E-state index in [2.05, 4.69) is 24.1 Å². The number of pyridine rings is 1. The van der Waals surface area contributed by atoms with E-state index in [1.807, 2.05) is 36.4 Å². The summed E-state index contributed by atoms with van der Waals surface area (Å²) in [5, 5.41) is 4.14. The maximum atomic E-state index is 5.88. The summed E-state index contributed by atoms with van der Waals surface area (Å²) in [4.78, 5) is 4.32.